The summed E-state index contributed by atoms with van der Waals surface area (Å²) in [7, 11) is 0. The third kappa shape index (κ3) is 3.97. The van der Waals surface area contributed by atoms with E-state index >= 15 is 0 Å². The molecule has 2 rings (SSSR count). The largest absolute Gasteiger partial charge is 0.376 e. The lowest BCUT2D eigenvalue weighted by Gasteiger charge is -2.10. The molecule has 1 aromatic rings. The van der Waals surface area contributed by atoms with E-state index in [1.807, 2.05) is 0 Å². The summed E-state index contributed by atoms with van der Waals surface area (Å²) in [4.78, 5) is 23.2. The normalized spacial score (nSPS) is 18.1. The number of hydrogen-bond donors (Lipinski definition) is 2. The molecule has 1 atom stereocenters. The lowest BCUT2D eigenvalue weighted by molar-refractivity contribution is -0.118. The van der Waals surface area contributed by atoms with Gasteiger partial charge in [-0.25, -0.2) is 9.89 Å². The predicted octanol–water partition coefficient (Wildman–Crippen LogP) is 0.145. The quantitative estimate of drug-likeness (QED) is 0.552. The van der Waals surface area contributed by atoms with Crippen molar-refractivity contribution in [2.24, 2.45) is 0 Å². The van der Waals surface area contributed by atoms with Gasteiger partial charge in [-0.3, -0.25) is 9.36 Å². The van der Waals surface area contributed by atoms with Crippen molar-refractivity contribution in [1.29, 1.82) is 0 Å². The minimum atomic E-state index is -0.269. The van der Waals surface area contributed by atoms with Gasteiger partial charge in [0.15, 0.2) is 5.16 Å². The Balaban J connectivity index is 1.92. The highest BCUT2D eigenvalue weighted by Crippen LogP contribution is 2.17. The molecule has 1 fully saturated rings. The van der Waals surface area contributed by atoms with Crippen LogP contribution in [0.4, 0.5) is 0 Å². The van der Waals surface area contributed by atoms with Crippen LogP contribution < -0.4 is 11.0 Å². The van der Waals surface area contributed by atoms with Gasteiger partial charge in [0.1, 0.15) is 0 Å². The molecule has 2 heterocycles. The number of carbonyl (C=O) groups excluding carboxylic acids is 1. The molecule has 1 aromatic heterocycles. The van der Waals surface area contributed by atoms with Crippen molar-refractivity contribution in [3.8, 4) is 0 Å². The Morgan fingerprint density at radius 3 is 3.25 bits per heavy atom. The van der Waals surface area contributed by atoms with Crippen LogP contribution in [0.5, 0.6) is 0 Å². The van der Waals surface area contributed by atoms with Crippen molar-refractivity contribution in [3.05, 3.63) is 23.1 Å². The Hall–Kier alpha value is -1.54. The maximum atomic E-state index is 11.7. The molecule has 20 heavy (non-hydrogen) atoms. The summed E-state index contributed by atoms with van der Waals surface area (Å²) in [6, 6.07) is 0. The lowest BCUT2D eigenvalue weighted by atomic mass is 10.2. The smallest absolute Gasteiger partial charge is 0.344 e. The fraction of sp³-hybridized carbons (Fsp3) is 0.583. The van der Waals surface area contributed by atoms with Crippen LogP contribution in [0.3, 0.4) is 0 Å². The second kappa shape index (κ2) is 7.30. The minimum absolute atomic E-state index is 0.0549. The van der Waals surface area contributed by atoms with Crippen molar-refractivity contribution < 1.29 is 9.53 Å². The number of nitrogens with one attached hydrogen (secondary N) is 2. The van der Waals surface area contributed by atoms with E-state index in [1.54, 1.807) is 6.08 Å². The Morgan fingerprint density at radius 1 is 1.70 bits per heavy atom. The second-order valence-electron chi connectivity index (χ2n) is 4.44. The van der Waals surface area contributed by atoms with Gasteiger partial charge in [0.05, 0.1) is 18.4 Å². The summed E-state index contributed by atoms with van der Waals surface area (Å²) >= 11 is 1.23. The predicted molar refractivity (Wildman–Crippen MR) is 75.8 cm³/mol. The highest BCUT2D eigenvalue weighted by Gasteiger charge is 2.20. The van der Waals surface area contributed by atoms with E-state index in [9.17, 15) is 9.59 Å². The van der Waals surface area contributed by atoms with Crippen molar-refractivity contribution in [1.82, 2.24) is 20.1 Å². The van der Waals surface area contributed by atoms with E-state index in [0.29, 0.717) is 18.2 Å². The van der Waals surface area contributed by atoms with Crippen LogP contribution in [0.15, 0.2) is 22.6 Å². The third-order valence-electron chi connectivity index (χ3n) is 2.91. The number of aromatic nitrogens is 3. The molecule has 7 nitrogen and oxygen atoms in total. The van der Waals surface area contributed by atoms with Crippen molar-refractivity contribution in [3.63, 3.8) is 0 Å². The SMILES string of the molecule is C=CCNC(=O)CSc1n[nH]c(=O)n1CC1CCCO1. The molecule has 1 aliphatic rings. The van der Waals surface area contributed by atoms with E-state index in [-0.39, 0.29) is 23.5 Å². The molecule has 8 heteroatoms. The fourth-order valence-corrected chi connectivity index (χ4v) is 2.72. The van der Waals surface area contributed by atoms with Gasteiger partial charge in [-0.05, 0) is 12.8 Å². The van der Waals surface area contributed by atoms with Gasteiger partial charge in [-0.1, -0.05) is 17.8 Å². The number of thioether (sulfide) groups is 1. The van der Waals surface area contributed by atoms with Crippen LogP contribution in [0.2, 0.25) is 0 Å². The molecule has 0 aromatic carbocycles. The highest BCUT2D eigenvalue weighted by molar-refractivity contribution is 7.99. The first-order chi connectivity index (χ1) is 9.70. The number of aromatic amines is 1. The summed E-state index contributed by atoms with van der Waals surface area (Å²) in [5.74, 6) is 0.0953. The van der Waals surface area contributed by atoms with Crippen molar-refractivity contribution >= 4 is 17.7 Å². The Bertz CT molecular complexity index is 519. The van der Waals surface area contributed by atoms with E-state index in [2.05, 4.69) is 22.1 Å². The van der Waals surface area contributed by atoms with Crippen LogP contribution >= 0.6 is 11.8 Å². The first kappa shape index (κ1) is 14.9. The molecule has 0 radical (unpaired) electrons. The van der Waals surface area contributed by atoms with E-state index < -0.39 is 0 Å². The molecule has 0 aliphatic carbocycles. The molecule has 1 aliphatic heterocycles. The average Bonchev–Trinajstić information content (AvgIpc) is 3.06. The highest BCUT2D eigenvalue weighted by atomic mass is 32.2. The third-order valence-corrected chi connectivity index (χ3v) is 3.89. The van der Waals surface area contributed by atoms with Gasteiger partial charge >= 0.3 is 5.69 Å². The van der Waals surface area contributed by atoms with Gasteiger partial charge in [-0.15, -0.1) is 11.7 Å². The van der Waals surface area contributed by atoms with Crippen molar-refractivity contribution in [2.45, 2.75) is 30.6 Å². The minimum Gasteiger partial charge on any atom is -0.376 e. The number of amides is 1. The molecule has 1 saturated heterocycles. The van der Waals surface area contributed by atoms with Gasteiger partial charge in [0.2, 0.25) is 5.91 Å². The van der Waals surface area contributed by atoms with E-state index in [0.717, 1.165) is 19.4 Å². The maximum Gasteiger partial charge on any atom is 0.344 e. The second-order valence-corrected chi connectivity index (χ2v) is 5.38. The molecular formula is C12H18N4O3S. The molecule has 0 spiro atoms. The zero-order valence-corrected chi connectivity index (χ0v) is 11.9. The van der Waals surface area contributed by atoms with Gasteiger partial charge in [0.25, 0.3) is 0 Å². The monoisotopic (exact) mass is 298 g/mol. The molecule has 0 bridgehead atoms. The van der Waals surface area contributed by atoms with Crippen LogP contribution in [0.25, 0.3) is 0 Å². The van der Waals surface area contributed by atoms with Gasteiger partial charge in [0, 0.05) is 13.2 Å². The molecule has 110 valence electrons. The molecule has 1 unspecified atom stereocenters. The zero-order chi connectivity index (χ0) is 14.4. The number of H-pyrrole nitrogens is 1. The standard InChI is InChI=1S/C12H18N4O3S/c1-2-5-13-10(17)8-20-12-15-14-11(18)16(12)7-9-4-3-6-19-9/h2,9H,1,3-8H2,(H,13,17)(H,14,18). The number of rotatable bonds is 7. The number of ether oxygens (including phenoxy) is 1. The van der Waals surface area contributed by atoms with Crippen LogP contribution in [0, 0.1) is 0 Å². The lowest BCUT2D eigenvalue weighted by Crippen LogP contribution is -2.27. The van der Waals surface area contributed by atoms with Gasteiger partial charge < -0.3 is 10.1 Å². The average molecular weight is 298 g/mol. The molecule has 2 N–H and O–H groups in total. The van der Waals surface area contributed by atoms with Gasteiger partial charge in [-0.2, -0.15) is 0 Å². The zero-order valence-electron chi connectivity index (χ0n) is 11.1. The molecule has 1 amide bonds. The number of hydrogen-bond acceptors (Lipinski definition) is 5. The first-order valence-electron chi connectivity index (χ1n) is 6.48. The summed E-state index contributed by atoms with van der Waals surface area (Å²) < 4.78 is 7.04. The Morgan fingerprint density at radius 2 is 2.55 bits per heavy atom. The fourth-order valence-electron chi connectivity index (χ4n) is 1.93. The maximum absolute atomic E-state index is 11.7. The Kier molecular flexibility index (Phi) is 5.42. The first-order valence-corrected chi connectivity index (χ1v) is 7.46. The van der Waals surface area contributed by atoms with E-state index in [4.69, 9.17) is 4.74 Å². The summed E-state index contributed by atoms with van der Waals surface area (Å²) in [6.45, 7) is 5.18. The molecular weight excluding hydrogens is 280 g/mol. The van der Waals surface area contributed by atoms with Crippen LogP contribution in [-0.2, 0) is 16.1 Å². The van der Waals surface area contributed by atoms with Crippen LogP contribution in [0.1, 0.15) is 12.8 Å². The summed E-state index contributed by atoms with van der Waals surface area (Å²) in [5, 5.41) is 9.54. The summed E-state index contributed by atoms with van der Waals surface area (Å²) in [5.41, 5.74) is -0.269. The van der Waals surface area contributed by atoms with Crippen LogP contribution in [-0.4, -0.2) is 45.7 Å². The summed E-state index contributed by atoms with van der Waals surface area (Å²) in [6.07, 6.45) is 3.63. The number of nitrogens with zero attached hydrogens (tertiary/aromatic N) is 2. The molecule has 0 saturated carbocycles. The van der Waals surface area contributed by atoms with E-state index in [1.165, 1.54) is 16.3 Å². The van der Waals surface area contributed by atoms with Crippen molar-refractivity contribution in [2.75, 3.05) is 18.9 Å². The number of carbonyl (C=O) groups is 1. The Labute approximate surface area is 120 Å². The topological polar surface area (TPSA) is 89.0 Å².